The number of nitrogens with one attached hydrogen (secondary N) is 2. The minimum absolute atomic E-state index is 0.165. The van der Waals surface area contributed by atoms with Crippen LogP contribution in [0.3, 0.4) is 0 Å². The fourth-order valence-corrected chi connectivity index (χ4v) is 4.15. The van der Waals surface area contributed by atoms with Gasteiger partial charge in [-0.15, -0.1) is 0 Å². The SMILES string of the molecule is O=C(NC[C@H](O)CN1CCc2ccccc2C1)c1cc(NC2CCN(O)CC2)ncn1. The van der Waals surface area contributed by atoms with Crippen LogP contribution in [-0.2, 0) is 13.0 Å². The number of amides is 1. The van der Waals surface area contributed by atoms with E-state index in [0.29, 0.717) is 25.5 Å². The van der Waals surface area contributed by atoms with Crippen molar-refractivity contribution in [2.24, 2.45) is 0 Å². The van der Waals surface area contributed by atoms with Crippen LogP contribution in [0.5, 0.6) is 0 Å². The average Bonchev–Trinajstić information content (AvgIpc) is 2.79. The highest BCUT2D eigenvalue weighted by atomic mass is 16.5. The summed E-state index contributed by atoms with van der Waals surface area (Å²) in [6.45, 7) is 3.61. The number of benzene rings is 1. The van der Waals surface area contributed by atoms with Gasteiger partial charge in [-0.2, -0.15) is 5.06 Å². The van der Waals surface area contributed by atoms with Crippen LogP contribution in [0.4, 0.5) is 5.82 Å². The minimum Gasteiger partial charge on any atom is -0.390 e. The van der Waals surface area contributed by atoms with Crippen molar-refractivity contribution in [1.29, 1.82) is 0 Å². The van der Waals surface area contributed by atoms with Crippen molar-refractivity contribution in [2.75, 3.05) is 38.0 Å². The van der Waals surface area contributed by atoms with Gasteiger partial charge in [0.15, 0.2) is 0 Å². The number of aliphatic hydroxyl groups is 1. The summed E-state index contributed by atoms with van der Waals surface area (Å²) in [7, 11) is 0. The molecular weight excluding hydrogens is 396 g/mol. The summed E-state index contributed by atoms with van der Waals surface area (Å²) < 4.78 is 0. The van der Waals surface area contributed by atoms with Crippen LogP contribution in [-0.4, -0.2) is 81.0 Å². The van der Waals surface area contributed by atoms with Gasteiger partial charge in [0.2, 0.25) is 0 Å². The molecule has 1 amide bonds. The number of aliphatic hydroxyl groups excluding tert-OH is 1. The van der Waals surface area contributed by atoms with E-state index in [4.69, 9.17) is 0 Å². The lowest BCUT2D eigenvalue weighted by Gasteiger charge is -2.30. The molecule has 1 aromatic carbocycles. The molecule has 4 rings (SSSR count). The fraction of sp³-hybridized carbons (Fsp3) is 0.500. The number of anilines is 1. The maximum Gasteiger partial charge on any atom is 0.270 e. The Bertz CT molecular complexity index is 887. The van der Waals surface area contributed by atoms with Crippen molar-refractivity contribution in [3.05, 3.63) is 53.5 Å². The molecular formula is C22H30N6O3. The summed E-state index contributed by atoms with van der Waals surface area (Å²) in [5, 5.41) is 27.3. The second-order valence-corrected chi connectivity index (χ2v) is 8.28. The molecule has 0 unspecified atom stereocenters. The predicted molar refractivity (Wildman–Crippen MR) is 116 cm³/mol. The van der Waals surface area contributed by atoms with E-state index < -0.39 is 6.10 Å². The third kappa shape index (κ3) is 5.98. The summed E-state index contributed by atoms with van der Waals surface area (Å²) in [4.78, 5) is 23.0. The van der Waals surface area contributed by atoms with Gasteiger partial charge >= 0.3 is 0 Å². The lowest BCUT2D eigenvalue weighted by atomic mass is 10.00. The molecule has 0 aliphatic carbocycles. The highest BCUT2D eigenvalue weighted by Crippen LogP contribution is 2.18. The second-order valence-electron chi connectivity index (χ2n) is 8.28. The van der Waals surface area contributed by atoms with Gasteiger partial charge in [-0.25, -0.2) is 9.97 Å². The number of carbonyl (C=O) groups is 1. The van der Waals surface area contributed by atoms with E-state index in [1.807, 2.05) is 6.07 Å². The van der Waals surface area contributed by atoms with E-state index in [9.17, 15) is 15.1 Å². The van der Waals surface area contributed by atoms with Gasteiger partial charge < -0.3 is 20.9 Å². The molecule has 2 aliphatic heterocycles. The number of aromatic nitrogens is 2. The molecule has 0 bridgehead atoms. The molecule has 9 nitrogen and oxygen atoms in total. The van der Waals surface area contributed by atoms with E-state index in [1.165, 1.54) is 22.5 Å². The summed E-state index contributed by atoms with van der Waals surface area (Å²) >= 11 is 0. The molecule has 166 valence electrons. The number of hydrogen-bond acceptors (Lipinski definition) is 8. The van der Waals surface area contributed by atoms with Crippen LogP contribution in [0.15, 0.2) is 36.7 Å². The van der Waals surface area contributed by atoms with Crippen LogP contribution in [0.25, 0.3) is 0 Å². The molecule has 2 aliphatic rings. The monoisotopic (exact) mass is 426 g/mol. The van der Waals surface area contributed by atoms with E-state index >= 15 is 0 Å². The number of β-amino-alcohol motifs (C(OH)–C–C–N with tert-alkyl or cyclic N) is 1. The van der Waals surface area contributed by atoms with Gasteiger partial charge in [0.05, 0.1) is 6.10 Å². The van der Waals surface area contributed by atoms with Gasteiger partial charge in [0.25, 0.3) is 5.91 Å². The summed E-state index contributed by atoms with van der Waals surface area (Å²) in [5.74, 6) is 0.253. The number of piperidine rings is 1. The Kier molecular flexibility index (Phi) is 7.08. The van der Waals surface area contributed by atoms with Gasteiger partial charge in [0.1, 0.15) is 17.8 Å². The van der Waals surface area contributed by atoms with Crippen molar-refractivity contribution in [1.82, 2.24) is 25.2 Å². The molecule has 1 aromatic heterocycles. The first-order chi connectivity index (χ1) is 15.1. The quantitative estimate of drug-likeness (QED) is 0.516. The van der Waals surface area contributed by atoms with E-state index in [2.05, 4.69) is 43.7 Å². The zero-order valence-corrected chi connectivity index (χ0v) is 17.6. The number of hydroxylamine groups is 2. The fourth-order valence-electron chi connectivity index (χ4n) is 4.15. The van der Waals surface area contributed by atoms with E-state index in [-0.39, 0.29) is 24.2 Å². The summed E-state index contributed by atoms with van der Waals surface area (Å²) in [5.41, 5.74) is 2.93. The molecule has 0 saturated carbocycles. The molecule has 1 fully saturated rings. The van der Waals surface area contributed by atoms with Crippen LogP contribution in [0.2, 0.25) is 0 Å². The zero-order valence-electron chi connectivity index (χ0n) is 17.6. The first kappa shape index (κ1) is 21.6. The van der Waals surface area contributed by atoms with Gasteiger partial charge in [0, 0.05) is 51.4 Å². The molecule has 31 heavy (non-hydrogen) atoms. The largest absolute Gasteiger partial charge is 0.390 e. The summed E-state index contributed by atoms with van der Waals surface area (Å²) in [6.07, 6.45) is 3.28. The zero-order chi connectivity index (χ0) is 21.6. The Labute approximate surface area is 182 Å². The lowest BCUT2D eigenvalue weighted by Crippen LogP contribution is -2.42. The maximum absolute atomic E-state index is 12.5. The van der Waals surface area contributed by atoms with Crippen LogP contribution in [0, 0.1) is 0 Å². The highest BCUT2D eigenvalue weighted by molar-refractivity contribution is 5.92. The number of hydrogen-bond donors (Lipinski definition) is 4. The average molecular weight is 427 g/mol. The lowest BCUT2D eigenvalue weighted by molar-refractivity contribution is -0.105. The van der Waals surface area contributed by atoms with Gasteiger partial charge in [-0.1, -0.05) is 24.3 Å². The van der Waals surface area contributed by atoms with Gasteiger partial charge in [-0.3, -0.25) is 9.69 Å². The Morgan fingerprint density at radius 2 is 1.94 bits per heavy atom. The van der Waals surface area contributed by atoms with Crippen LogP contribution in [0.1, 0.15) is 34.5 Å². The van der Waals surface area contributed by atoms with E-state index in [1.54, 1.807) is 6.07 Å². The molecule has 0 radical (unpaired) electrons. The number of fused-ring (bicyclic) bond motifs is 1. The van der Waals surface area contributed by atoms with Crippen molar-refractivity contribution in [3.63, 3.8) is 0 Å². The third-order valence-electron chi connectivity index (χ3n) is 5.90. The number of nitrogens with zero attached hydrogens (tertiary/aromatic N) is 4. The maximum atomic E-state index is 12.5. The Hall–Kier alpha value is -2.59. The molecule has 4 N–H and O–H groups in total. The smallest absolute Gasteiger partial charge is 0.270 e. The normalized spacial score (nSPS) is 18.9. The number of carbonyl (C=O) groups excluding carboxylic acids is 1. The van der Waals surface area contributed by atoms with Crippen molar-refractivity contribution < 1.29 is 15.1 Å². The first-order valence-electron chi connectivity index (χ1n) is 10.8. The molecule has 1 saturated heterocycles. The minimum atomic E-state index is -0.655. The first-order valence-corrected chi connectivity index (χ1v) is 10.8. The Morgan fingerprint density at radius 1 is 1.16 bits per heavy atom. The molecule has 1 atom stereocenters. The van der Waals surface area contributed by atoms with Crippen molar-refractivity contribution >= 4 is 11.7 Å². The van der Waals surface area contributed by atoms with Gasteiger partial charge in [-0.05, 0) is 30.4 Å². The van der Waals surface area contributed by atoms with Crippen LogP contribution >= 0.6 is 0 Å². The molecule has 3 heterocycles. The molecule has 0 spiro atoms. The number of rotatable bonds is 7. The van der Waals surface area contributed by atoms with Crippen molar-refractivity contribution in [3.8, 4) is 0 Å². The van der Waals surface area contributed by atoms with Crippen molar-refractivity contribution in [2.45, 2.75) is 38.0 Å². The molecule has 2 aromatic rings. The Morgan fingerprint density at radius 3 is 2.74 bits per heavy atom. The van der Waals surface area contributed by atoms with Crippen LogP contribution < -0.4 is 10.6 Å². The van der Waals surface area contributed by atoms with E-state index in [0.717, 1.165) is 32.4 Å². The third-order valence-corrected chi connectivity index (χ3v) is 5.90. The highest BCUT2D eigenvalue weighted by Gasteiger charge is 2.20. The standard InChI is InChI=1S/C22H30N6O3/c29-19(14-27-8-5-16-3-1-2-4-17(16)13-27)12-23-22(30)20-11-21(25-15-24-20)26-18-6-9-28(31)10-7-18/h1-4,11,15,18-19,29,31H,5-10,12-14H2,(H,23,30)(H,24,25,26)/t19-/m0/s1. The molecule has 9 heteroatoms. The predicted octanol–water partition coefficient (Wildman–Crippen LogP) is 0.891. The Balaban J connectivity index is 1.24. The summed E-state index contributed by atoms with van der Waals surface area (Å²) in [6, 6.07) is 10.2. The second kappa shape index (κ2) is 10.1. The topological polar surface area (TPSA) is 114 Å².